The fourth-order valence-corrected chi connectivity index (χ4v) is 2.39. The Balaban J connectivity index is 1.90. The zero-order chi connectivity index (χ0) is 14.8. The highest BCUT2D eigenvalue weighted by molar-refractivity contribution is 5.79. The monoisotopic (exact) mass is 281 g/mol. The van der Waals surface area contributed by atoms with E-state index in [0.29, 0.717) is 25.2 Å². The third-order valence-electron chi connectivity index (χ3n) is 3.82. The Labute approximate surface area is 116 Å². The van der Waals surface area contributed by atoms with Crippen molar-refractivity contribution < 1.29 is 14.7 Å². The number of aryl methyl sites for hydroxylation is 1. The number of likely N-dealkylation sites (tertiary alicyclic amines) is 1. The van der Waals surface area contributed by atoms with Gasteiger partial charge in [-0.15, -0.1) is 0 Å². The molecule has 1 aromatic heterocycles. The summed E-state index contributed by atoms with van der Waals surface area (Å²) in [6.07, 6.45) is 2.58. The average Bonchev–Trinajstić information content (AvgIpc) is 3.03. The van der Waals surface area contributed by atoms with E-state index in [1.54, 1.807) is 23.0 Å². The quantitative estimate of drug-likeness (QED) is 0.821. The largest absolute Gasteiger partial charge is 0.481 e. The summed E-state index contributed by atoms with van der Waals surface area (Å²) in [5, 5.41) is 16.1. The zero-order valence-electron chi connectivity index (χ0n) is 11.7. The molecule has 2 amide bonds. The third kappa shape index (κ3) is 2.73. The van der Waals surface area contributed by atoms with Crippen LogP contribution in [-0.4, -0.2) is 49.9 Å². The summed E-state index contributed by atoms with van der Waals surface area (Å²) in [6, 6.07) is -0.269. The second kappa shape index (κ2) is 5.48. The van der Waals surface area contributed by atoms with Gasteiger partial charge in [-0.3, -0.25) is 9.48 Å². The van der Waals surface area contributed by atoms with Crippen molar-refractivity contribution in [2.75, 3.05) is 13.1 Å². The summed E-state index contributed by atoms with van der Waals surface area (Å²) in [7, 11) is 1.75. The smallest absolute Gasteiger partial charge is 0.317 e. The van der Waals surface area contributed by atoms with Crippen molar-refractivity contribution >= 4 is 12.0 Å². The molecule has 1 aliphatic rings. The first-order valence-electron chi connectivity index (χ1n) is 6.57. The van der Waals surface area contributed by atoms with Crippen LogP contribution in [0.5, 0.6) is 0 Å². The second-order valence-corrected chi connectivity index (χ2v) is 5.10. The van der Waals surface area contributed by atoms with Gasteiger partial charge in [-0.25, -0.2) is 9.78 Å². The zero-order valence-corrected chi connectivity index (χ0v) is 11.7. The Morgan fingerprint density at radius 3 is 2.80 bits per heavy atom. The maximum atomic E-state index is 12.0. The maximum absolute atomic E-state index is 12.0. The van der Waals surface area contributed by atoms with Gasteiger partial charge in [0.2, 0.25) is 0 Å². The van der Waals surface area contributed by atoms with E-state index < -0.39 is 11.4 Å². The standard InChI is InChI=1S/C12H19N5O3/c1-3-12(10(18)19)4-5-17(7-12)11(20)13-6-9-14-8-16(2)15-9/h8H,3-7H2,1-2H3,(H,13,20)(H,18,19). The number of hydrogen-bond donors (Lipinski definition) is 2. The number of amides is 2. The number of carboxylic acid groups (broad SMARTS) is 1. The number of carbonyl (C=O) groups is 2. The van der Waals surface area contributed by atoms with Crippen LogP contribution in [0.2, 0.25) is 0 Å². The topological polar surface area (TPSA) is 100 Å². The summed E-state index contributed by atoms with van der Waals surface area (Å²) in [4.78, 5) is 28.9. The van der Waals surface area contributed by atoms with Crippen molar-refractivity contribution in [3.63, 3.8) is 0 Å². The van der Waals surface area contributed by atoms with Crippen LogP contribution < -0.4 is 5.32 Å². The van der Waals surface area contributed by atoms with Crippen molar-refractivity contribution in [3.05, 3.63) is 12.2 Å². The van der Waals surface area contributed by atoms with Gasteiger partial charge in [-0.05, 0) is 12.8 Å². The van der Waals surface area contributed by atoms with E-state index >= 15 is 0 Å². The molecule has 0 aromatic carbocycles. The molecule has 0 aliphatic carbocycles. The van der Waals surface area contributed by atoms with Crippen molar-refractivity contribution in [2.24, 2.45) is 12.5 Å². The van der Waals surface area contributed by atoms with Gasteiger partial charge >= 0.3 is 12.0 Å². The van der Waals surface area contributed by atoms with Crippen molar-refractivity contribution in [1.29, 1.82) is 0 Å². The Morgan fingerprint density at radius 2 is 2.30 bits per heavy atom. The van der Waals surface area contributed by atoms with Crippen LogP contribution >= 0.6 is 0 Å². The van der Waals surface area contributed by atoms with Crippen LogP contribution in [0.4, 0.5) is 4.79 Å². The van der Waals surface area contributed by atoms with E-state index in [2.05, 4.69) is 15.4 Å². The molecule has 1 atom stereocenters. The number of carboxylic acids is 1. The Kier molecular flexibility index (Phi) is 3.91. The van der Waals surface area contributed by atoms with Gasteiger partial charge in [0.1, 0.15) is 6.33 Å². The number of rotatable bonds is 4. The first-order valence-corrected chi connectivity index (χ1v) is 6.57. The van der Waals surface area contributed by atoms with E-state index in [4.69, 9.17) is 0 Å². The average molecular weight is 281 g/mol. The highest BCUT2D eigenvalue weighted by atomic mass is 16.4. The van der Waals surface area contributed by atoms with Crippen molar-refractivity contribution in [1.82, 2.24) is 25.0 Å². The van der Waals surface area contributed by atoms with E-state index in [9.17, 15) is 14.7 Å². The summed E-state index contributed by atoms with van der Waals surface area (Å²) >= 11 is 0. The minimum atomic E-state index is -0.832. The van der Waals surface area contributed by atoms with Gasteiger partial charge in [0.05, 0.1) is 12.0 Å². The molecule has 0 radical (unpaired) electrons. The van der Waals surface area contributed by atoms with Crippen molar-refractivity contribution in [2.45, 2.75) is 26.3 Å². The molecule has 8 heteroatoms. The summed E-state index contributed by atoms with van der Waals surface area (Å²) < 4.78 is 1.56. The molecule has 1 saturated heterocycles. The molecule has 1 aromatic rings. The molecule has 1 aliphatic heterocycles. The van der Waals surface area contributed by atoms with Crippen LogP contribution in [0, 0.1) is 5.41 Å². The van der Waals surface area contributed by atoms with Crippen LogP contribution in [0.1, 0.15) is 25.6 Å². The number of urea groups is 1. The number of nitrogens with zero attached hydrogens (tertiary/aromatic N) is 4. The molecular weight excluding hydrogens is 262 g/mol. The normalized spacial score (nSPS) is 22.0. The minimum Gasteiger partial charge on any atom is -0.481 e. The SMILES string of the molecule is CCC1(C(=O)O)CCN(C(=O)NCc2ncn(C)n2)C1. The fraction of sp³-hybridized carbons (Fsp3) is 0.667. The maximum Gasteiger partial charge on any atom is 0.317 e. The molecule has 1 fully saturated rings. The van der Waals surface area contributed by atoms with Gasteiger partial charge in [-0.1, -0.05) is 6.92 Å². The summed E-state index contributed by atoms with van der Waals surface area (Å²) in [6.45, 7) is 2.79. The van der Waals surface area contributed by atoms with Gasteiger partial charge < -0.3 is 15.3 Å². The molecule has 0 saturated carbocycles. The van der Waals surface area contributed by atoms with Gasteiger partial charge in [-0.2, -0.15) is 5.10 Å². The Hall–Kier alpha value is -2.12. The molecule has 2 N–H and O–H groups in total. The molecule has 0 bridgehead atoms. The number of hydrogen-bond acceptors (Lipinski definition) is 4. The van der Waals surface area contributed by atoms with Crippen LogP contribution in [0.15, 0.2) is 6.33 Å². The Morgan fingerprint density at radius 1 is 1.55 bits per heavy atom. The summed E-state index contributed by atoms with van der Waals surface area (Å²) in [5.74, 6) is -0.304. The number of nitrogens with one attached hydrogen (secondary N) is 1. The van der Waals surface area contributed by atoms with Crippen molar-refractivity contribution in [3.8, 4) is 0 Å². The lowest BCUT2D eigenvalue weighted by Gasteiger charge is -2.23. The molecule has 2 rings (SSSR count). The third-order valence-corrected chi connectivity index (χ3v) is 3.82. The predicted molar refractivity (Wildman–Crippen MR) is 69.8 cm³/mol. The van der Waals surface area contributed by atoms with Gasteiger partial charge in [0.15, 0.2) is 5.82 Å². The molecule has 110 valence electrons. The predicted octanol–water partition coefficient (Wildman–Crippen LogP) is 0.211. The lowest BCUT2D eigenvalue weighted by atomic mass is 9.84. The van der Waals surface area contributed by atoms with Crippen LogP contribution in [-0.2, 0) is 18.4 Å². The van der Waals surface area contributed by atoms with E-state index in [1.807, 2.05) is 6.92 Å². The first kappa shape index (κ1) is 14.3. The van der Waals surface area contributed by atoms with Crippen LogP contribution in [0.25, 0.3) is 0 Å². The summed E-state index contributed by atoms with van der Waals surface area (Å²) in [5.41, 5.74) is -0.805. The number of aliphatic carboxylic acids is 1. The number of carbonyl (C=O) groups excluding carboxylic acids is 1. The first-order chi connectivity index (χ1) is 9.47. The van der Waals surface area contributed by atoms with Gasteiger partial charge in [0, 0.05) is 20.1 Å². The highest BCUT2D eigenvalue weighted by Gasteiger charge is 2.44. The van der Waals surface area contributed by atoms with E-state index in [-0.39, 0.29) is 19.1 Å². The van der Waals surface area contributed by atoms with Crippen LogP contribution in [0.3, 0.4) is 0 Å². The molecule has 8 nitrogen and oxygen atoms in total. The lowest BCUT2D eigenvalue weighted by molar-refractivity contribution is -0.148. The van der Waals surface area contributed by atoms with Gasteiger partial charge in [0.25, 0.3) is 0 Å². The molecule has 0 spiro atoms. The van der Waals surface area contributed by atoms with E-state index in [1.165, 1.54) is 0 Å². The number of aromatic nitrogens is 3. The fourth-order valence-electron chi connectivity index (χ4n) is 2.39. The van der Waals surface area contributed by atoms with E-state index in [0.717, 1.165) is 0 Å². The molecule has 20 heavy (non-hydrogen) atoms. The highest BCUT2D eigenvalue weighted by Crippen LogP contribution is 2.34. The molecular formula is C12H19N5O3. The minimum absolute atomic E-state index is 0.238. The lowest BCUT2D eigenvalue weighted by Crippen LogP contribution is -2.41. The molecule has 1 unspecified atom stereocenters. The molecule has 2 heterocycles. The second-order valence-electron chi connectivity index (χ2n) is 5.10. The Bertz CT molecular complexity index is 515.